The molecule has 0 bridgehead atoms. The summed E-state index contributed by atoms with van der Waals surface area (Å²) in [5.41, 5.74) is 3.44. The van der Waals surface area contributed by atoms with Crippen molar-refractivity contribution in [2.45, 2.75) is 46.1 Å². The fourth-order valence-electron chi connectivity index (χ4n) is 4.27. The first-order valence-corrected chi connectivity index (χ1v) is 14.0. The number of esters is 1. The maximum absolute atomic E-state index is 13.2. The number of aryl methyl sites for hydroxylation is 3. The Kier molecular flexibility index (Phi) is 9.79. The van der Waals surface area contributed by atoms with Gasteiger partial charge in [0.1, 0.15) is 6.04 Å². The van der Waals surface area contributed by atoms with E-state index in [0.29, 0.717) is 35.2 Å². The highest BCUT2D eigenvalue weighted by Crippen LogP contribution is 2.18. The minimum Gasteiger partial charge on any atom is -0.464 e. The van der Waals surface area contributed by atoms with E-state index < -0.39 is 17.9 Å². The number of rotatable bonds is 13. The zero-order valence-corrected chi connectivity index (χ0v) is 23.6. The van der Waals surface area contributed by atoms with Gasteiger partial charge in [-0.05, 0) is 56.2 Å². The standard InChI is InChI=1S/C28H33N7O4S/c1-4-13-39-27(38)22(16-30-25(36)23-11-7-14-40-23)34-26(37)24-17(2)32-28(33-18(24)3)29-12-6-9-19-8-5-10-21-20(19)15-31-35-21/h5,7-8,10-11,14-15,22H,4,6,9,12-13,16H2,1-3H3,(H,30,36)(H,31,35)(H,34,37)(H,29,32,33)/t22-/m0/s1. The van der Waals surface area contributed by atoms with E-state index in [2.05, 4.69) is 42.2 Å². The highest BCUT2D eigenvalue weighted by atomic mass is 32.1. The maximum Gasteiger partial charge on any atom is 0.330 e. The van der Waals surface area contributed by atoms with Crippen molar-refractivity contribution in [2.75, 3.05) is 25.0 Å². The monoisotopic (exact) mass is 563 g/mol. The Hall–Kier alpha value is -4.32. The molecular formula is C28H33N7O4S. The Morgan fingerprint density at radius 2 is 1.88 bits per heavy atom. The van der Waals surface area contributed by atoms with Gasteiger partial charge in [0.15, 0.2) is 0 Å². The van der Waals surface area contributed by atoms with Gasteiger partial charge in [-0.1, -0.05) is 25.1 Å². The van der Waals surface area contributed by atoms with Crippen molar-refractivity contribution < 1.29 is 19.1 Å². The van der Waals surface area contributed by atoms with Gasteiger partial charge in [-0.25, -0.2) is 14.8 Å². The zero-order valence-electron chi connectivity index (χ0n) is 22.7. The lowest BCUT2D eigenvalue weighted by Gasteiger charge is -2.19. The molecule has 1 atom stereocenters. The van der Waals surface area contributed by atoms with Gasteiger partial charge in [0, 0.05) is 18.5 Å². The largest absolute Gasteiger partial charge is 0.464 e. The van der Waals surface area contributed by atoms with Crippen LogP contribution in [0.2, 0.25) is 0 Å². The van der Waals surface area contributed by atoms with Crippen molar-refractivity contribution in [3.63, 3.8) is 0 Å². The number of aromatic amines is 1. The molecule has 0 spiro atoms. The van der Waals surface area contributed by atoms with Gasteiger partial charge in [0.25, 0.3) is 11.8 Å². The first-order chi connectivity index (χ1) is 19.4. The summed E-state index contributed by atoms with van der Waals surface area (Å²) >= 11 is 1.29. The molecule has 11 nitrogen and oxygen atoms in total. The van der Waals surface area contributed by atoms with Crippen molar-refractivity contribution >= 4 is 46.0 Å². The third-order valence-electron chi connectivity index (χ3n) is 6.23. The highest BCUT2D eigenvalue weighted by Gasteiger charge is 2.26. The normalized spacial score (nSPS) is 11.7. The average molecular weight is 564 g/mol. The van der Waals surface area contributed by atoms with Crippen LogP contribution in [0.15, 0.2) is 41.9 Å². The highest BCUT2D eigenvalue weighted by molar-refractivity contribution is 7.12. The Balaban J connectivity index is 1.36. The lowest BCUT2D eigenvalue weighted by molar-refractivity contribution is -0.145. The van der Waals surface area contributed by atoms with Crippen LogP contribution in [-0.4, -0.2) is 63.7 Å². The van der Waals surface area contributed by atoms with E-state index in [-0.39, 0.29) is 24.6 Å². The topological polar surface area (TPSA) is 151 Å². The van der Waals surface area contributed by atoms with Gasteiger partial charge in [-0.3, -0.25) is 14.7 Å². The molecule has 4 rings (SSSR count). The van der Waals surface area contributed by atoms with E-state index >= 15 is 0 Å². The van der Waals surface area contributed by atoms with Crippen LogP contribution in [0, 0.1) is 13.8 Å². The third-order valence-corrected chi connectivity index (χ3v) is 7.10. The molecule has 0 unspecified atom stereocenters. The SMILES string of the molecule is CCCOC(=O)[C@H](CNC(=O)c1cccs1)NC(=O)c1c(C)nc(NCCCc2cccc3[nH]ncc23)nc1C. The number of ether oxygens (including phenoxy) is 1. The van der Waals surface area contributed by atoms with E-state index in [1.807, 2.05) is 25.3 Å². The number of amides is 2. The molecule has 12 heteroatoms. The number of H-pyrrole nitrogens is 1. The molecule has 4 aromatic rings. The second-order valence-corrected chi connectivity index (χ2v) is 10.2. The second-order valence-electron chi connectivity index (χ2n) is 9.25. The Labute approximate surface area is 236 Å². The van der Waals surface area contributed by atoms with Crippen molar-refractivity contribution in [3.8, 4) is 0 Å². The quantitative estimate of drug-likeness (QED) is 0.142. The molecule has 0 radical (unpaired) electrons. The molecule has 40 heavy (non-hydrogen) atoms. The third kappa shape index (κ3) is 7.20. The average Bonchev–Trinajstić information content (AvgIpc) is 3.64. The van der Waals surface area contributed by atoms with E-state index in [4.69, 9.17) is 4.74 Å². The second kappa shape index (κ2) is 13.7. The van der Waals surface area contributed by atoms with Crippen LogP contribution < -0.4 is 16.0 Å². The maximum atomic E-state index is 13.2. The van der Waals surface area contributed by atoms with Gasteiger partial charge >= 0.3 is 5.97 Å². The van der Waals surface area contributed by atoms with Gasteiger partial charge in [0.05, 0.1) is 40.1 Å². The summed E-state index contributed by atoms with van der Waals surface area (Å²) in [6, 6.07) is 8.48. The van der Waals surface area contributed by atoms with E-state index in [1.165, 1.54) is 16.9 Å². The zero-order chi connectivity index (χ0) is 28.5. The molecule has 4 N–H and O–H groups in total. The van der Waals surface area contributed by atoms with Crippen LogP contribution in [0.1, 0.15) is 56.7 Å². The Morgan fingerprint density at radius 1 is 1.07 bits per heavy atom. The van der Waals surface area contributed by atoms with Crippen LogP contribution >= 0.6 is 11.3 Å². The summed E-state index contributed by atoms with van der Waals surface area (Å²) < 4.78 is 5.25. The Bertz CT molecular complexity index is 1450. The molecule has 0 fully saturated rings. The minimum absolute atomic E-state index is 0.115. The van der Waals surface area contributed by atoms with Crippen molar-refractivity contribution in [2.24, 2.45) is 0 Å². The fraction of sp³-hybridized carbons (Fsp3) is 0.357. The summed E-state index contributed by atoms with van der Waals surface area (Å²) in [5.74, 6) is -1.04. The lowest BCUT2D eigenvalue weighted by atomic mass is 10.1. The number of thiophene rings is 1. The molecule has 0 aliphatic rings. The first kappa shape index (κ1) is 28.7. The van der Waals surface area contributed by atoms with Crippen LogP contribution in [0.3, 0.4) is 0 Å². The number of hydrogen-bond acceptors (Lipinski definition) is 9. The molecule has 2 amide bonds. The van der Waals surface area contributed by atoms with Gasteiger partial charge in [0.2, 0.25) is 5.95 Å². The van der Waals surface area contributed by atoms with Crippen molar-refractivity contribution in [1.82, 2.24) is 30.8 Å². The van der Waals surface area contributed by atoms with Crippen LogP contribution in [-0.2, 0) is 16.0 Å². The van der Waals surface area contributed by atoms with Crippen LogP contribution in [0.25, 0.3) is 10.9 Å². The van der Waals surface area contributed by atoms with Crippen molar-refractivity contribution in [1.29, 1.82) is 0 Å². The number of carbonyl (C=O) groups is 3. The van der Waals surface area contributed by atoms with Crippen molar-refractivity contribution in [3.05, 3.63) is 69.3 Å². The predicted octanol–water partition coefficient (Wildman–Crippen LogP) is 3.56. The summed E-state index contributed by atoms with van der Waals surface area (Å²) in [5, 5.41) is 18.6. The molecule has 210 valence electrons. The summed E-state index contributed by atoms with van der Waals surface area (Å²) in [7, 11) is 0. The minimum atomic E-state index is -1.07. The number of nitrogens with one attached hydrogen (secondary N) is 4. The van der Waals surface area contributed by atoms with Gasteiger partial charge in [-0.15, -0.1) is 11.3 Å². The smallest absolute Gasteiger partial charge is 0.330 e. The van der Waals surface area contributed by atoms with Gasteiger partial charge in [-0.2, -0.15) is 5.10 Å². The molecule has 0 saturated heterocycles. The molecule has 0 aliphatic heterocycles. The summed E-state index contributed by atoms with van der Waals surface area (Å²) in [6.07, 6.45) is 4.19. The number of anilines is 1. The number of hydrogen-bond donors (Lipinski definition) is 4. The summed E-state index contributed by atoms with van der Waals surface area (Å²) in [4.78, 5) is 47.7. The molecule has 0 aliphatic carbocycles. The number of benzene rings is 1. The van der Waals surface area contributed by atoms with E-state index in [0.717, 1.165) is 23.7 Å². The van der Waals surface area contributed by atoms with E-state index in [1.54, 1.807) is 31.4 Å². The summed E-state index contributed by atoms with van der Waals surface area (Å²) in [6.45, 7) is 6.06. The molecular weight excluding hydrogens is 530 g/mol. The molecule has 0 saturated carbocycles. The lowest BCUT2D eigenvalue weighted by Crippen LogP contribution is -2.49. The molecule has 1 aromatic carbocycles. The van der Waals surface area contributed by atoms with Crippen LogP contribution in [0.5, 0.6) is 0 Å². The number of fused-ring (bicyclic) bond motifs is 1. The van der Waals surface area contributed by atoms with Gasteiger partial charge < -0.3 is 20.7 Å². The molecule has 3 aromatic heterocycles. The number of nitrogens with zero attached hydrogens (tertiary/aromatic N) is 3. The van der Waals surface area contributed by atoms with E-state index in [9.17, 15) is 14.4 Å². The first-order valence-electron chi connectivity index (χ1n) is 13.2. The number of carbonyl (C=O) groups excluding carboxylic acids is 3. The van der Waals surface area contributed by atoms with Crippen LogP contribution in [0.4, 0.5) is 5.95 Å². The molecule has 3 heterocycles. The fourth-order valence-corrected chi connectivity index (χ4v) is 4.91. The predicted molar refractivity (Wildman–Crippen MR) is 154 cm³/mol. The Morgan fingerprint density at radius 3 is 2.60 bits per heavy atom. The number of aromatic nitrogens is 4.